The highest BCUT2D eigenvalue weighted by molar-refractivity contribution is 7.07. The van der Waals surface area contributed by atoms with Gasteiger partial charge >= 0.3 is 0 Å². The Morgan fingerprint density at radius 2 is 2.29 bits per heavy atom. The number of ether oxygens (including phenoxy) is 1. The largest absolute Gasteiger partial charge is 0.490 e. The quantitative estimate of drug-likeness (QED) is 0.814. The fraction of sp³-hybridized carbons (Fsp3) is 0.333. The minimum Gasteiger partial charge on any atom is -0.490 e. The maximum atomic E-state index is 11.7. The molecule has 21 heavy (non-hydrogen) atoms. The molecule has 6 heteroatoms. The Labute approximate surface area is 127 Å². The monoisotopic (exact) mass is 306 g/mol. The SMILES string of the molecule is Cc1ccccc1OC[C@H](O)C(=O)NCCc1cscn1. The first-order valence-corrected chi connectivity index (χ1v) is 7.62. The third-order valence-corrected chi connectivity index (χ3v) is 3.59. The number of hydrogen-bond donors (Lipinski definition) is 2. The first-order valence-electron chi connectivity index (χ1n) is 6.68. The summed E-state index contributed by atoms with van der Waals surface area (Å²) in [7, 11) is 0. The van der Waals surface area contributed by atoms with Crippen LogP contribution in [0.25, 0.3) is 0 Å². The zero-order valence-corrected chi connectivity index (χ0v) is 12.6. The van der Waals surface area contributed by atoms with Crippen LogP contribution in [0, 0.1) is 6.92 Å². The number of para-hydroxylation sites is 1. The molecule has 0 aliphatic carbocycles. The number of carbonyl (C=O) groups excluding carboxylic acids is 1. The Morgan fingerprint density at radius 1 is 1.48 bits per heavy atom. The van der Waals surface area contributed by atoms with Gasteiger partial charge in [0.2, 0.25) is 0 Å². The van der Waals surface area contributed by atoms with Crippen LogP contribution in [-0.4, -0.2) is 35.3 Å². The van der Waals surface area contributed by atoms with Crippen molar-refractivity contribution in [1.82, 2.24) is 10.3 Å². The number of aromatic nitrogens is 1. The van der Waals surface area contributed by atoms with Crippen LogP contribution in [0.1, 0.15) is 11.3 Å². The van der Waals surface area contributed by atoms with Gasteiger partial charge in [0, 0.05) is 18.3 Å². The predicted octanol–water partition coefficient (Wildman–Crippen LogP) is 1.55. The van der Waals surface area contributed by atoms with E-state index in [0.717, 1.165) is 11.3 Å². The third-order valence-electron chi connectivity index (χ3n) is 2.96. The van der Waals surface area contributed by atoms with Crippen molar-refractivity contribution in [2.45, 2.75) is 19.4 Å². The minimum absolute atomic E-state index is 0.0621. The lowest BCUT2D eigenvalue weighted by atomic mass is 10.2. The minimum atomic E-state index is -1.18. The van der Waals surface area contributed by atoms with E-state index in [-0.39, 0.29) is 6.61 Å². The van der Waals surface area contributed by atoms with Gasteiger partial charge in [-0.15, -0.1) is 11.3 Å². The summed E-state index contributed by atoms with van der Waals surface area (Å²) in [4.78, 5) is 15.8. The van der Waals surface area contributed by atoms with Gasteiger partial charge in [0.25, 0.3) is 5.91 Å². The summed E-state index contributed by atoms with van der Waals surface area (Å²) < 4.78 is 5.45. The number of nitrogens with one attached hydrogen (secondary N) is 1. The van der Waals surface area contributed by atoms with Crippen LogP contribution in [0.3, 0.4) is 0 Å². The van der Waals surface area contributed by atoms with Crippen LogP contribution in [-0.2, 0) is 11.2 Å². The van der Waals surface area contributed by atoms with E-state index in [4.69, 9.17) is 4.74 Å². The molecule has 0 unspecified atom stereocenters. The molecule has 0 fully saturated rings. The van der Waals surface area contributed by atoms with Crippen LogP contribution >= 0.6 is 11.3 Å². The number of aliphatic hydroxyl groups is 1. The molecule has 0 aliphatic heterocycles. The number of benzene rings is 1. The Balaban J connectivity index is 1.71. The summed E-state index contributed by atoms with van der Waals surface area (Å²) in [6, 6.07) is 7.48. The molecule has 0 spiro atoms. The predicted molar refractivity (Wildman–Crippen MR) is 81.5 cm³/mol. The van der Waals surface area contributed by atoms with Gasteiger partial charge in [0.1, 0.15) is 12.4 Å². The van der Waals surface area contributed by atoms with Crippen LogP contribution in [0.4, 0.5) is 0 Å². The van der Waals surface area contributed by atoms with Crippen molar-refractivity contribution in [1.29, 1.82) is 0 Å². The Bertz CT molecular complexity index is 572. The van der Waals surface area contributed by atoms with Gasteiger partial charge in [-0.2, -0.15) is 0 Å². The first kappa shape index (κ1) is 15.5. The van der Waals surface area contributed by atoms with Gasteiger partial charge in [0.05, 0.1) is 11.2 Å². The fourth-order valence-electron chi connectivity index (χ4n) is 1.76. The van der Waals surface area contributed by atoms with Crippen molar-refractivity contribution < 1.29 is 14.6 Å². The number of aryl methyl sites for hydroxylation is 1. The van der Waals surface area contributed by atoms with Crippen LogP contribution in [0.15, 0.2) is 35.2 Å². The number of nitrogens with zero attached hydrogens (tertiary/aromatic N) is 1. The topological polar surface area (TPSA) is 71.5 Å². The average Bonchev–Trinajstić information content (AvgIpc) is 2.99. The summed E-state index contributed by atoms with van der Waals surface area (Å²) in [6.45, 7) is 2.30. The fourth-order valence-corrected chi connectivity index (χ4v) is 2.35. The summed E-state index contributed by atoms with van der Waals surface area (Å²) >= 11 is 1.52. The maximum Gasteiger partial charge on any atom is 0.252 e. The third kappa shape index (κ3) is 4.84. The van der Waals surface area contributed by atoms with E-state index in [1.165, 1.54) is 11.3 Å². The van der Waals surface area contributed by atoms with Crippen molar-refractivity contribution in [3.8, 4) is 5.75 Å². The zero-order chi connectivity index (χ0) is 15.1. The summed E-state index contributed by atoms with van der Waals surface area (Å²) in [5.41, 5.74) is 3.65. The smallest absolute Gasteiger partial charge is 0.252 e. The Morgan fingerprint density at radius 3 is 3.00 bits per heavy atom. The molecule has 0 radical (unpaired) electrons. The summed E-state index contributed by atoms with van der Waals surface area (Å²) in [6.07, 6.45) is -0.527. The van der Waals surface area contributed by atoms with Crippen molar-refractivity contribution in [3.05, 3.63) is 46.4 Å². The summed E-state index contributed by atoms with van der Waals surface area (Å²) in [5.74, 6) is 0.241. The lowest BCUT2D eigenvalue weighted by Crippen LogP contribution is -2.39. The van der Waals surface area contributed by atoms with E-state index in [1.807, 2.05) is 36.6 Å². The number of hydrogen-bond acceptors (Lipinski definition) is 5. The molecule has 2 aromatic rings. The van der Waals surface area contributed by atoms with Crippen molar-refractivity contribution in [3.63, 3.8) is 0 Å². The second kappa shape index (κ2) is 7.75. The molecular formula is C15H18N2O3S. The van der Waals surface area contributed by atoms with Crippen LogP contribution in [0.5, 0.6) is 5.75 Å². The highest BCUT2D eigenvalue weighted by Gasteiger charge is 2.15. The van der Waals surface area contributed by atoms with E-state index in [9.17, 15) is 9.90 Å². The molecule has 2 rings (SSSR count). The lowest BCUT2D eigenvalue weighted by Gasteiger charge is -2.13. The maximum absolute atomic E-state index is 11.7. The van der Waals surface area contributed by atoms with E-state index in [0.29, 0.717) is 18.7 Å². The Kier molecular flexibility index (Phi) is 5.71. The number of amides is 1. The van der Waals surface area contributed by atoms with Crippen LogP contribution < -0.4 is 10.1 Å². The molecule has 1 amide bonds. The molecule has 2 N–H and O–H groups in total. The van der Waals surface area contributed by atoms with Crippen LogP contribution in [0.2, 0.25) is 0 Å². The molecule has 112 valence electrons. The number of thiazole rings is 1. The second-order valence-electron chi connectivity index (χ2n) is 4.61. The lowest BCUT2D eigenvalue weighted by molar-refractivity contribution is -0.130. The zero-order valence-electron chi connectivity index (χ0n) is 11.8. The molecule has 1 heterocycles. The second-order valence-corrected chi connectivity index (χ2v) is 5.33. The Hall–Kier alpha value is -1.92. The molecule has 1 aromatic heterocycles. The number of aliphatic hydroxyl groups excluding tert-OH is 1. The molecule has 1 atom stereocenters. The van der Waals surface area contributed by atoms with Gasteiger partial charge in [-0.25, -0.2) is 4.98 Å². The van der Waals surface area contributed by atoms with Crippen molar-refractivity contribution in [2.24, 2.45) is 0 Å². The molecule has 0 aliphatic rings. The molecule has 0 bridgehead atoms. The van der Waals surface area contributed by atoms with Gasteiger partial charge in [-0.1, -0.05) is 18.2 Å². The standard InChI is InChI=1S/C15H18N2O3S/c1-11-4-2-3-5-14(11)20-8-13(18)15(19)16-7-6-12-9-21-10-17-12/h2-5,9-10,13,18H,6-8H2,1H3,(H,16,19)/t13-/m0/s1. The number of carbonyl (C=O) groups is 1. The van der Waals surface area contributed by atoms with E-state index < -0.39 is 12.0 Å². The van der Waals surface area contributed by atoms with Gasteiger partial charge in [0.15, 0.2) is 6.10 Å². The van der Waals surface area contributed by atoms with E-state index >= 15 is 0 Å². The van der Waals surface area contributed by atoms with Crippen molar-refractivity contribution >= 4 is 17.2 Å². The molecule has 5 nitrogen and oxygen atoms in total. The van der Waals surface area contributed by atoms with E-state index in [2.05, 4.69) is 10.3 Å². The van der Waals surface area contributed by atoms with Gasteiger partial charge in [-0.05, 0) is 18.6 Å². The summed E-state index contributed by atoms with van der Waals surface area (Å²) in [5, 5.41) is 14.4. The van der Waals surface area contributed by atoms with E-state index in [1.54, 1.807) is 5.51 Å². The molecule has 0 saturated heterocycles. The molecule has 1 aromatic carbocycles. The van der Waals surface area contributed by atoms with Gasteiger partial charge < -0.3 is 15.2 Å². The molecule has 0 saturated carbocycles. The first-order chi connectivity index (χ1) is 10.2. The highest BCUT2D eigenvalue weighted by atomic mass is 32.1. The van der Waals surface area contributed by atoms with Gasteiger partial charge in [-0.3, -0.25) is 4.79 Å². The average molecular weight is 306 g/mol. The molecular weight excluding hydrogens is 288 g/mol. The highest BCUT2D eigenvalue weighted by Crippen LogP contribution is 2.16. The number of rotatable bonds is 7. The normalized spacial score (nSPS) is 11.9. The van der Waals surface area contributed by atoms with Crippen molar-refractivity contribution in [2.75, 3.05) is 13.2 Å².